The molecule has 1 aromatic heterocycles. The second kappa shape index (κ2) is 7.55. The molecule has 0 aliphatic carbocycles. The molecule has 0 saturated heterocycles. The Labute approximate surface area is 144 Å². The van der Waals surface area contributed by atoms with Gasteiger partial charge in [-0.3, -0.25) is 0 Å². The highest BCUT2D eigenvalue weighted by Crippen LogP contribution is 2.21. The summed E-state index contributed by atoms with van der Waals surface area (Å²) in [7, 11) is 1.68. The third kappa shape index (κ3) is 3.80. The molecule has 0 atom stereocenters. The standard InChI is InChI=1S/C19H19FN2OS/c1-14-3-9-17(10-4-14)21-19-22(11-12-23-2)18(13-24-19)15-5-7-16(20)8-6-15/h3-10,13H,11-12H2,1-2H3. The van der Waals surface area contributed by atoms with Gasteiger partial charge in [-0.15, -0.1) is 11.3 Å². The molecule has 0 fully saturated rings. The van der Waals surface area contributed by atoms with Gasteiger partial charge in [0.1, 0.15) is 5.82 Å². The third-order valence-corrected chi connectivity index (χ3v) is 4.58. The monoisotopic (exact) mass is 342 g/mol. The van der Waals surface area contributed by atoms with Crippen LogP contribution >= 0.6 is 11.3 Å². The van der Waals surface area contributed by atoms with Gasteiger partial charge in [0.25, 0.3) is 0 Å². The molecule has 0 radical (unpaired) electrons. The lowest BCUT2D eigenvalue weighted by Gasteiger charge is -2.08. The maximum Gasteiger partial charge on any atom is 0.190 e. The molecular formula is C19H19FN2OS. The first-order valence-corrected chi connectivity index (χ1v) is 8.60. The molecule has 24 heavy (non-hydrogen) atoms. The summed E-state index contributed by atoms with van der Waals surface area (Å²) in [4.78, 5) is 5.65. The number of aryl methyl sites for hydroxylation is 1. The van der Waals surface area contributed by atoms with Crippen LogP contribution in [-0.2, 0) is 11.3 Å². The lowest BCUT2D eigenvalue weighted by Crippen LogP contribution is -2.18. The Kier molecular flexibility index (Phi) is 5.23. The van der Waals surface area contributed by atoms with Crippen molar-refractivity contribution < 1.29 is 9.13 Å². The van der Waals surface area contributed by atoms with Gasteiger partial charge in [0.15, 0.2) is 4.80 Å². The summed E-state index contributed by atoms with van der Waals surface area (Å²) in [5.74, 6) is -0.234. The molecule has 0 bridgehead atoms. The van der Waals surface area contributed by atoms with Crippen molar-refractivity contribution in [1.82, 2.24) is 4.57 Å². The fraction of sp³-hybridized carbons (Fsp3) is 0.211. The maximum atomic E-state index is 13.2. The lowest BCUT2D eigenvalue weighted by atomic mass is 10.2. The van der Waals surface area contributed by atoms with E-state index < -0.39 is 0 Å². The normalized spacial score (nSPS) is 11.9. The average molecular weight is 342 g/mol. The van der Waals surface area contributed by atoms with Crippen LogP contribution in [-0.4, -0.2) is 18.3 Å². The number of hydrogen-bond acceptors (Lipinski definition) is 3. The van der Waals surface area contributed by atoms with Crippen molar-refractivity contribution in [1.29, 1.82) is 0 Å². The second-order valence-corrected chi connectivity index (χ2v) is 6.34. The summed E-state index contributed by atoms with van der Waals surface area (Å²) < 4.78 is 20.5. The van der Waals surface area contributed by atoms with Crippen LogP contribution < -0.4 is 4.80 Å². The van der Waals surface area contributed by atoms with E-state index >= 15 is 0 Å². The highest BCUT2D eigenvalue weighted by Gasteiger charge is 2.08. The van der Waals surface area contributed by atoms with Gasteiger partial charge in [0, 0.05) is 19.0 Å². The van der Waals surface area contributed by atoms with E-state index in [0.717, 1.165) is 21.7 Å². The van der Waals surface area contributed by atoms with E-state index in [9.17, 15) is 4.39 Å². The minimum Gasteiger partial charge on any atom is -0.383 e. The predicted octanol–water partition coefficient (Wildman–Crippen LogP) is 4.54. The fourth-order valence-corrected chi connectivity index (χ4v) is 3.35. The number of nitrogens with zero attached hydrogens (tertiary/aromatic N) is 2. The quantitative estimate of drug-likeness (QED) is 0.668. The van der Waals surface area contributed by atoms with E-state index in [-0.39, 0.29) is 5.82 Å². The molecule has 0 aliphatic heterocycles. The molecule has 0 amide bonds. The van der Waals surface area contributed by atoms with Gasteiger partial charge in [-0.2, -0.15) is 0 Å². The molecule has 3 rings (SSSR count). The highest BCUT2D eigenvalue weighted by atomic mass is 32.1. The van der Waals surface area contributed by atoms with Crippen LogP contribution in [0.25, 0.3) is 11.3 Å². The number of hydrogen-bond donors (Lipinski definition) is 0. The van der Waals surface area contributed by atoms with E-state index in [1.807, 2.05) is 24.3 Å². The zero-order chi connectivity index (χ0) is 16.9. The van der Waals surface area contributed by atoms with Gasteiger partial charge in [-0.1, -0.05) is 17.7 Å². The second-order valence-electron chi connectivity index (χ2n) is 5.50. The van der Waals surface area contributed by atoms with Crippen molar-refractivity contribution >= 4 is 17.0 Å². The number of aromatic nitrogens is 1. The molecule has 0 unspecified atom stereocenters. The van der Waals surface area contributed by atoms with Crippen LogP contribution in [0.1, 0.15) is 5.56 Å². The van der Waals surface area contributed by atoms with Crippen molar-refractivity contribution in [3.63, 3.8) is 0 Å². The van der Waals surface area contributed by atoms with Gasteiger partial charge >= 0.3 is 0 Å². The van der Waals surface area contributed by atoms with Crippen molar-refractivity contribution in [2.24, 2.45) is 4.99 Å². The zero-order valence-corrected chi connectivity index (χ0v) is 14.5. The number of methoxy groups -OCH3 is 1. The van der Waals surface area contributed by atoms with Gasteiger partial charge < -0.3 is 9.30 Å². The van der Waals surface area contributed by atoms with Crippen LogP contribution in [0, 0.1) is 12.7 Å². The fourth-order valence-electron chi connectivity index (χ4n) is 2.40. The lowest BCUT2D eigenvalue weighted by molar-refractivity contribution is 0.187. The molecule has 5 heteroatoms. The highest BCUT2D eigenvalue weighted by molar-refractivity contribution is 7.07. The predicted molar refractivity (Wildman–Crippen MR) is 96.0 cm³/mol. The Morgan fingerprint density at radius 1 is 1.08 bits per heavy atom. The Morgan fingerprint density at radius 3 is 2.46 bits per heavy atom. The van der Waals surface area contributed by atoms with E-state index in [1.54, 1.807) is 30.6 Å². The summed E-state index contributed by atoms with van der Waals surface area (Å²) in [6, 6.07) is 14.6. The molecule has 0 N–H and O–H groups in total. The SMILES string of the molecule is COCCn1c(-c2ccc(F)cc2)csc1=Nc1ccc(C)cc1. The Bertz CT molecular complexity index is 864. The van der Waals surface area contributed by atoms with Crippen molar-refractivity contribution in [2.75, 3.05) is 13.7 Å². The summed E-state index contributed by atoms with van der Waals surface area (Å²) in [6.45, 7) is 3.34. The van der Waals surface area contributed by atoms with E-state index in [2.05, 4.69) is 16.9 Å². The van der Waals surface area contributed by atoms with Crippen LogP contribution in [0.3, 0.4) is 0 Å². The molecule has 3 aromatic rings. The molecule has 124 valence electrons. The molecule has 0 spiro atoms. The smallest absolute Gasteiger partial charge is 0.190 e. The Morgan fingerprint density at radius 2 is 1.79 bits per heavy atom. The molecule has 0 aliphatic rings. The Hall–Kier alpha value is -2.24. The van der Waals surface area contributed by atoms with Crippen LogP contribution in [0.4, 0.5) is 10.1 Å². The van der Waals surface area contributed by atoms with Gasteiger partial charge in [-0.25, -0.2) is 9.38 Å². The van der Waals surface area contributed by atoms with Crippen molar-refractivity contribution in [3.8, 4) is 11.3 Å². The van der Waals surface area contributed by atoms with Crippen molar-refractivity contribution in [3.05, 3.63) is 70.1 Å². The van der Waals surface area contributed by atoms with Gasteiger partial charge in [0.2, 0.25) is 0 Å². The van der Waals surface area contributed by atoms with Gasteiger partial charge in [-0.05, 0) is 48.9 Å². The minimum absolute atomic E-state index is 0.234. The Balaban J connectivity index is 2.06. The summed E-state index contributed by atoms with van der Waals surface area (Å²) in [5.41, 5.74) is 4.11. The first kappa shape index (κ1) is 16.6. The number of rotatable bonds is 5. The van der Waals surface area contributed by atoms with Crippen LogP contribution in [0.5, 0.6) is 0 Å². The zero-order valence-electron chi connectivity index (χ0n) is 13.7. The summed E-state index contributed by atoms with van der Waals surface area (Å²) in [5, 5.41) is 2.05. The van der Waals surface area contributed by atoms with Gasteiger partial charge in [0.05, 0.1) is 18.0 Å². The first-order valence-electron chi connectivity index (χ1n) is 7.72. The van der Waals surface area contributed by atoms with Crippen molar-refractivity contribution in [2.45, 2.75) is 13.5 Å². The maximum absolute atomic E-state index is 13.2. The minimum atomic E-state index is -0.234. The molecule has 3 nitrogen and oxygen atoms in total. The average Bonchev–Trinajstić information content (AvgIpc) is 2.98. The number of benzene rings is 2. The van der Waals surface area contributed by atoms with E-state index in [4.69, 9.17) is 9.73 Å². The summed E-state index contributed by atoms with van der Waals surface area (Å²) in [6.07, 6.45) is 0. The van der Waals surface area contributed by atoms with E-state index in [0.29, 0.717) is 13.2 Å². The number of ether oxygens (including phenoxy) is 1. The largest absolute Gasteiger partial charge is 0.383 e. The molecule has 1 heterocycles. The number of thiazole rings is 1. The third-order valence-electron chi connectivity index (χ3n) is 3.72. The molecule has 0 saturated carbocycles. The molecule has 2 aromatic carbocycles. The van der Waals surface area contributed by atoms with Crippen LogP contribution in [0.2, 0.25) is 0 Å². The van der Waals surface area contributed by atoms with Crippen LogP contribution in [0.15, 0.2) is 58.9 Å². The summed E-state index contributed by atoms with van der Waals surface area (Å²) >= 11 is 1.57. The first-order chi connectivity index (χ1) is 11.7. The topological polar surface area (TPSA) is 26.5 Å². The van der Waals surface area contributed by atoms with E-state index in [1.165, 1.54) is 17.7 Å². The molecular weight excluding hydrogens is 323 g/mol. The number of halogens is 1.